The smallest absolute Gasteiger partial charge is 0.185 e. The number of thiocarbonyl (C=S) groups is 1. The molecule has 110 valence electrons. The summed E-state index contributed by atoms with van der Waals surface area (Å²) in [5.74, 6) is 0. The summed E-state index contributed by atoms with van der Waals surface area (Å²) in [5.41, 5.74) is 8.29. The minimum absolute atomic E-state index is 0.611. The van der Waals surface area contributed by atoms with Crippen molar-refractivity contribution in [2.24, 2.45) is 0 Å². The van der Waals surface area contributed by atoms with Crippen molar-refractivity contribution < 1.29 is 4.74 Å². The SMILES string of the molecule is Cc1cccc(NNC(=S)NCCN2CCOCC2)c1. The molecule has 1 aromatic carbocycles. The molecule has 0 unspecified atom stereocenters. The number of nitrogens with zero attached hydrogens (tertiary/aromatic N) is 1. The van der Waals surface area contributed by atoms with Crippen LogP contribution in [0.1, 0.15) is 5.56 Å². The summed E-state index contributed by atoms with van der Waals surface area (Å²) in [4.78, 5) is 2.37. The second-order valence-electron chi connectivity index (χ2n) is 4.83. The molecule has 1 aromatic rings. The maximum absolute atomic E-state index is 5.31. The molecule has 0 aromatic heterocycles. The highest BCUT2D eigenvalue weighted by atomic mass is 32.1. The van der Waals surface area contributed by atoms with Crippen LogP contribution in [-0.4, -0.2) is 49.4 Å². The van der Waals surface area contributed by atoms with Crippen LogP contribution >= 0.6 is 12.2 Å². The summed E-state index contributed by atoms with van der Waals surface area (Å²) in [7, 11) is 0. The predicted molar refractivity (Wildman–Crippen MR) is 85.8 cm³/mol. The molecule has 1 aliphatic rings. The molecule has 1 fully saturated rings. The molecule has 0 amide bonds. The van der Waals surface area contributed by atoms with E-state index in [4.69, 9.17) is 17.0 Å². The monoisotopic (exact) mass is 294 g/mol. The van der Waals surface area contributed by atoms with E-state index in [9.17, 15) is 0 Å². The summed E-state index contributed by atoms with van der Waals surface area (Å²) < 4.78 is 5.31. The van der Waals surface area contributed by atoms with Crippen LogP contribution in [0.5, 0.6) is 0 Å². The van der Waals surface area contributed by atoms with E-state index >= 15 is 0 Å². The number of morpholine rings is 1. The lowest BCUT2D eigenvalue weighted by atomic mass is 10.2. The van der Waals surface area contributed by atoms with Gasteiger partial charge in [0.25, 0.3) is 0 Å². The molecule has 0 saturated carbocycles. The molecule has 20 heavy (non-hydrogen) atoms. The van der Waals surface area contributed by atoms with Crippen LogP contribution in [-0.2, 0) is 4.74 Å². The van der Waals surface area contributed by atoms with E-state index in [2.05, 4.69) is 40.1 Å². The zero-order chi connectivity index (χ0) is 14.2. The summed E-state index contributed by atoms with van der Waals surface area (Å²) in [5, 5.41) is 3.80. The maximum atomic E-state index is 5.31. The quantitative estimate of drug-likeness (QED) is 0.559. The van der Waals surface area contributed by atoms with Crippen LogP contribution in [0.25, 0.3) is 0 Å². The molecular formula is C14H22N4OS. The predicted octanol–water partition coefficient (Wildman–Crippen LogP) is 1.12. The van der Waals surface area contributed by atoms with Gasteiger partial charge in [0.1, 0.15) is 0 Å². The molecule has 2 rings (SSSR count). The Morgan fingerprint density at radius 2 is 2.15 bits per heavy atom. The molecule has 5 nitrogen and oxygen atoms in total. The van der Waals surface area contributed by atoms with Crippen LogP contribution in [0.15, 0.2) is 24.3 Å². The summed E-state index contributed by atoms with van der Waals surface area (Å²) in [6, 6.07) is 8.12. The van der Waals surface area contributed by atoms with Gasteiger partial charge in [-0.3, -0.25) is 15.8 Å². The second-order valence-corrected chi connectivity index (χ2v) is 5.24. The van der Waals surface area contributed by atoms with Crippen molar-refractivity contribution in [3.05, 3.63) is 29.8 Å². The van der Waals surface area contributed by atoms with Crippen molar-refractivity contribution in [3.8, 4) is 0 Å². The average Bonchev–Trinajstić information content (AvgIpc) is 2.46. The number of hydrazine groups is 1. The van der Waals surface area contributed by atoms with Crippen molar-refractivity contribution in [2.45, 2.75) is 6.92 Å². The average molecular weight is 294 g/mol. The zero-order valence-corrected chi connectivity index (χ0v) is 12.6. The number of ether oxygens (including phenoxy) is 1. The molecule has 1 aliphatic heterocycles. The van der Waals surface area contributed by atoms with E-state index in [0.29, 0.717) is 5.11 Å². The first-order valence-corrected chi connectivity index (χ1v) is 7.31. The lowest BCUT2D eigenvalue weighted by Gasteiger charge is -2.26. The normalized spacial score (nSPS) is 15.7. The highest BCUT2D eigenvalue weighted by Gasteiger charge is 2.09. The number of aryl methyl sites for hydroxylation is 1. The van der Waals surface area contributed by atoms with Gasteiger partial charge in [-0.25, -0.2) is 0 Å². The van der Waals surface area contributed by atoms with Gasteiger partial charge in [-0.1, -0.05) is 12.1 Å². The Labute approximate surface area is 125 Å². The molecule has 0 radical (unpaired) electrons. The van der Waals surface area contributed by atoms with Crippen molar-refractivity contribution in [1.29, 1.82) is 0 Å². The standard InChI is InChI=1S/C14H22N4OS/c1-12-3-2-4-13(11-12)16-17-14(20)15-5-6-18-7-9-19-10-8-18/h2-4,11,16H,5-10H2,1H3,(H2,15,17,20). The lowest BCUT2D eigenvalue weighted by Crippen LogP contribution is -2.44. The van der Waals surface area contributed by atoms with Crippen LogP contribution < -0.4 is 16.2 Å². The van der Waals surface area contributed by atoms with E-state index < -0.39 is 0 Å². The van der Waals surface area contributed by atoms with Gasteiger partial charge in [0, 0.05) is 26.2 Å². The van der Waals surface area contributed by atoms with Gasteiger partial charge in [0.15, 0.2) is 5.11 Å². The Morgan fingerprint density at radius 3 is 2.90 bits per heavy atom. The molecule has 0 bridgehead atoms. The molecular weight excluding hydrogens is 272 g/mol. The van der Waals surface area contributed by atoms with E-state index in [1.54, 1.807) is 0 Å². The van der Waals surface area contributed by atoms with Crippen molar-refractivity contribution in [2.75, 3.05) is 44.8 Å². The first-order chi connectivity index (χ1) is 9.74. The first-order valence-electron chi connectivity index (χ1n) is 6.91. The minimum Gasteiger partial charge on any atom is -0.379 e. The first kappa shape index (κ1) is 15.0. The van der Waals surface area contributed by atoms with Gasteiger partial charge in [-0.15, -0.1) is 0 Å². The largest absolute Gasteiger partial charge is 0.379 e. The van der Waals surface area contributed by atoms with E-state index in [1.807, 2.05) is 12.1 Å². The Hall–Kier alpha value is -1.37. The van der Waals surface area contributed by atoms with Crippen LogP contribution in [0.3, 0.4) is 0 Å². The van der Waals surface area contributed by atoms with Gasteiger partial charge in [0.05, 0.1) is 18.9 Å². The Balaban J connectivity index is 1.60. The summed E-state index contributed by atoms with van der Waals surface area (Å²) >= 11 is 5.22. The number of anilines is 1. The van der Waals surface area contributed by atoms with Crippen LogP contribution in [0.2, 0.25) is 0 Å². The molecule has 0 atom stereocenters. The van der Waals surface area contributed by atoms with Gasteiger partial charge in [-0.2, -0.15) is 0 Å². The Bertz CT molecular complexity index is 435. The summed E-state index contributed by atoms with van der Waals surface area (Å²) in [6.07, 6.45) is 0. The molecule has 0 spiro atoms. The number of benzene rings is 1. The molecule has 0 aliphatic carbocycles. The van der Waals surface area contributed by atoms with Gasteiger partial charge in [0.2, 0.25) is 0 Å². The topological polar surface area (TPSA) is 48.6 Å². The number of hydrogen-bond donors (Lipinski definition) is 3. The number of hydrogen-bond acceptors (Lipinski definition) is 4. The van der Waals surface area contributed by atoms with Crippen molar-refractivity contribution in [3.63, 3.8) is 0 Å². The fourth-order valence-electron chi connectivity index (χ4n) is 2.05. The molecule has 3 N–H and O–H groups in total. The fourth-order valence-corrected chi connectivity index (χ4v) is 2.20. The molecule has 6 heteroatoms. The van der Waals surface area contributed by atoms with E-state index in [-0.39, 0.29) is 0 Å². The second kappa shape index (κ2) is 8.04. The number of rotatable bonds is 5. The number of nitrogens with one attached hydrogen (secondary N) is 3. The maximum Gasteiger partial charge on any atom is 0.185 e. The zero-order valence-electron chi connectivity index (χ0n) is 11.8. The molecule has 1 saturated heterocycles. The third kappa shape index (κ3) is 5.32. The van der Waals surface area contributed by atoms with Gasteiger partial charge >= 0.3 is 0 Å². The van der Waals surface area contributed by atoms with E-state index in [0.717, 1.165) is 45.1 Å². The van der Waals surface area contributed by atoms with E-state index in [1.165, 1.54) is 5.56 Å². The Morgan fingerprint density at radius 1 is 1.35 bits per heavy atom. The van der Waals surface area contributed by atoms with Gasteiger partial charge < -0.3 is 10.1 Å². The van der Waals surface area contributed by atoms with Crippen LogP contribution in [0.4, 0.5) is 5.69 Å². The van der Waals surface area contributed by atoms with Crippen molar-refractivity contribution >= 4 is 23.0 Å². The lowest BCUT2D eigenvalue weighted by molar-refractivity contribution is 0.0389. The summed E-state index contributed by atoms with van der Waals surface area (Å²) in [6.45, 7) is 7.54. The van der Waals surface area contributed by atoms with Crippen LogP contribution in [0, 0.1) is 6.92 Å². The highest BCUT2D eigenvalue weighted by Crippen LogP contribution is 2.07. The van der Waals surface area contributed by atoms with Gasteiger partial charge in [-0.05, 0) is 36.8 Å². The van der Waals surface area contributed by atoms with Crippen molar-refractivity contribution in [1.82, 2.24) is 15.6 Å². The Kier molecular flexibility index (Phi) is 6.04. The minimum atomic E-state index is 0.611. The fraction of sp³-hybridized carbons (Fsp3) is 0.500. The third-order valence-electron chi connectivity index (χ3n) is 3.16. The third-order valence-corrected chi connectivity index (χ3v) is 3.40. The highest BCUT2D eigenvalue weighted by molar-refractivity contribution is 7.80. The molecule has 1 heterocycles.